The summed E-state index contributed by atoms with van der Waals surface area (Å²) in [7, 11) is 0. The molecule has 1 aliphatic carbocycles. The van der Waals surface area contributed by atoms with Crippen molar-refractivity contribution in [2.24, 2.45) is 0 Å². The number of halogens is 2. The Kier molecular flexibility index (Phi) is 5.97. The third-order valence-corrected chi connectivity index (χ3v) is 4.77. The molecule has 4 heteroatoms. The number of aliphatic hydroxyl groups excluding tert-OH is 1. The van der Waals surface area contributed by atoms with Crippen molar-refractivity contribution in [3.63, 3.8) is 0 Å². The van der Waals surface area contributed by atoms with E-state index >= 15 is 0 Å². The summed E-state index contributed by atoms with van der Waals surface area (Å²) in [6.45, 7) is 0. The second kappa shape index (κ2) is 8.39. The highest BCUT2D eigenvalue weighted by molar-refractivity contribution is 6.30. The van der Waals surface area contributed by atoms with Gasteiger partial charge in [-0.1, -0.05) is 53.5 Å². The van der Waals surface area contributed by atoms with Crippen LogP contribution in [0.1, 0.15) is 30.4 Å². The average Bonchev–Trinajstić information content (AvgIpc) is 2.64. The van der Waals surface area contributed by atoms with Crippen molar-refractivity contribution in [2.45, 2.75) is 19.3 Å². The zero-order chi connectivity index (χ0) is 18.5. The molecule has 0 aromatic heterocycles. The molecule has 0 fully saturated rings. The average molecular weight is 385 g/mol. The number of benzene rings is 2. The zero-order valence-corrected chi connectivity index (χ0v) is 15.6. The molecule has 1 N–H and O–H groups in total. The quantitative estimate of drug-likeness (QED) is 0.598. The first-order chi connectivity index (χ1) is 12.5. The fourth-order valence-electron chi connectivity index (χ4n) is 2.87. The number of allylic oxidation sites excluding steroid dienone is 3. The minimum absolute atomic E-state index is 0.0944. The number of rotatable bonds is 4. The summed E-state index contributed by atoms with van der Waals surface area (Å²) in [6, 6.07) is 14.6. The van der Waals surface area contributed by atoms with Gasteiger partial charge in [0.15, 0.2) is 5.78 Å². The summed E-state index contributed by atoms with van der Waals surface area (Å²) in [4.78, 5) is 12.5. The molecule has 0 heterocycles. The largest absolute Gasteiger partial charge is 0.507 e. The molecule has 0 saturated carbocycles. The van der Waals surface area contributed by atoms with Crippen molar-refractivity contribution >= 4 is 41.1 Å². The Bertz CT molecular complexity index is 889. The van der Waals surface area contributed by atoms with E-state index in [2.05, 4.69) is 0 Å². The summed E-state index contributed by atoms with van der Waals surface area (Å²) in [5.41, 5.74) is 3.07. The lowest BCUT2D eigenvalue weighted by molar-refractivity contribution is -0.111. The molecular formula is C22H18Cl2O2. The van der Waals surface area contributed by atoms with Crippen LogP contribution >= 0.6 is 23.2 Å². The molecule has 2 nitrogen and oxygen atoms in total. The Morgan fingerprint density at radius 3 is 2.08 bits per heavy atom. The topological polar surface area (TPSA) is 37.3 Å². The molecule has 0 aliphatic heterocycles. The summed E-state index contributed by atoms with van der Waals surface area (Å²) < 4.78 is 0. The fraction of sp³-hybridized carbons (Fsp3) is 0.136. The van der Waals surface area contributed by atoms with Crippen LogP contribution in [0.3, 0.4) is 0 Å². The van der Waals surface area contributed by atoms with Gasteiger partial charge in [0.2, 0.25) is 0 Å². The van der Waals surface area contributed by atoms with Gasteiger partial charge >= 0.3 is 0 Å². The van der Waals surface area contributed by atoms with Crippen LogP contribution in [0, 0.1) is 0 Å². The Morgan fingerprint density at radius 2 is 1.46 bits per heavy atom. The lowest BCUT2D eigenvalue weighted by Gasteiger charge is -2.17. The summed E-state index contributed by atoms with van der Waals surface area (Å²) in [5.74, 6) is -0.0730. The lowest BCUT2D eigenvalue weighted by atomic mass is 9.89. The van der Waals surface area contributed by atoms with Crippen molar-refractivity contribution in [3.8, 4) is 0 Å². The first-order valence-corrected chi connectivity index (χ1v) is 9.15. The van der Waals surface area contributed by atoms with Crippen LogP contribution in [-0.4, -0.2) is 10.9 Å². The molecule has 0 amide bonds. The molecular weight excluding hydrogens is 367 g/mol. The number of carbonyl (C=O) groups excluding carboxylic acids is 1. The molecule has 0 spiro atoms. The summed E-state index contributed by atoms with van der Waals surface area (Å²) >= 11 is 11.8. The highest BCUT2D eigenvalue weighted by Gasteiger charge is 2.20. The number of hydrogen-bond donors (Lipinski definition) is 1. The Morgan fingerprint density at radius 1 is 0.885 bits per heavy atom. The highest BCUT2D eigenvalue weighted by atomic mass is 35.5. The van der Waals surface area contributed by atoms with E-state index in [1.807, 2.05) is 30.3 Å². The van der Waals surface area contributed by atoms with Gasteiger partial charge in [-0.25, -0.2) is 0 Å². The molecule has 0 saturated heterocycles. The third kappa shape index (κ3) is 4.66. The molecule has 2 aromatic carbocycles. The van der Waals surface area contributed by atoms with Gasteiger partial charge in [-0.3, -0.25) is 4.79 Å². The summed E-state index contributed by atoms with van der Waals surface area (Å²) in [6.07, 6.45) is 7.29. The number of carbonyl (C=O) groups is 1. The number of aliphatic hydroxyl groups is 1. The molecule has 1 aliphatic rings. The van der Waals surface area contributed by atoms with E-state index in [1.54, 1.807) is 30.3 Å². The molecule has 132 valence electrons. The first-order valence-electron chi connectivity index (χ1n) is 8.39. The van der Waals surface area contributed by atoms with Gasteiger partial charge in [0, 0.05) is 15.6 Å². The fourth-order valence-corrected chi connectivity index (χ4v) is 3.13. The SMILES string of the molecule is O=C(/C=C/c1ccc(Cl)cc1)C1=C(O)/C(=C/c2ccc(Cl)cc2)CCC1. The van der Waals surface area contributed by atoms with Crippen LogP contribution in [0.5, 0.6) is 0 Å². The monoisotopic (exact) mass is 384 g/mol. The predicted molar refractivity (Wildman–Crippen MR) is 108 cm³/mol. The molecule has 2 aromatic rings. The van der Waals surface area contributed by atoms with Crippen LogP contribution in [0.25, 0.3) is 12.2 Å². The van der Waals surface area contributed by atoms with Crippen molar-refractivity contribution in [2.75, 3.05) is 0 Å². The van der Waals surface area contributed by atoms with Gasteiger partial charge in [-0.15, -0.1) is 0 Å². The maximum atomic E-state index is 12.5. The zero-order valence-electron chi connectivity index (χ0n) is 14.1. The van der Waals surface area contributed by atoms with E-state index in [4.69, 9.17) is 23.2 Å². The van der Waals surface area contributed by atoms with Crippen molar-refractivity contribution in [1.82, 2.24) is 0 Å². The molecule has 26 heavy (non-hydrogen) atoms. The number of ketones is 1. The van der Waals surface area contributed by atoms with E-state index in [9.17, 15) is 9.90 Å². The minimum atomic E-state index is -0.167. The van der Waals surface area contributed by atoms with Crippen LogP contribution in [-0.2, 0) is 4.79 Å². The van der Waals surface area contributed by atoms with Crippen LogP contribution < -0.4 is 0 Å². The van der Waals surface area contributed by atoms with Crippen LogP contribution in [0.4, 0.5) is 0 Å². The first kappa shape index (κ1) is 18.5. The Balaban J connectivity index is 1.82. The van der Waals surface area contributed by atoms with E-state index in [0.717, 1.165) is 29.5 Å². The lowest BCUT2D eigenvalue weighted by Crippen LogP contribution is -2.10. The van der Waals surface area contributed by atoms with E-state index in [1.165, 1.54) is 6.08 Å². The highest BCUT2D eigenvalue weighted by Crippen LogP contribution is 2.30. The minimum Gasteiger partial charge on any atom is -0.507 e. The molecule has 3 rings (SSSR count). The molecule has 0 unspecified atom stereocenters. The van der Waals surface area contributed by atoms with Gasteiger partial charge < -0.3 is 5.11 Å². The van der Waals surface area contributed by atoms with E-state index in [0.29, 0.717) is 22.0 Å². The molecule has 0 radical (unpaired) electrons. The van der Waals surface area contributed by atoms with Crippen molar-refractivity contribution < 1.29 is 9.90 Å². The van der Waals surface area contributed by atoms with Crippen LogP contribution in [0.2, 0.25) is 10.0 Å². The molecule has 0 atom stereocenters. The Hall–Kier alpha value is -2.29. The second-order valence-electron chi connectivity index (χ2n) is 6.15. The van der Waals surface area contributed by atoms with Gasteiger partial charge in [-0.05, 0) is 72.4 Å². The maximum absolute atomic E-state index is 12.5. The molecule has 0 bridgehead atoms. The maximum Gasteiger partial charge on any atom is 0.185 e. The normalized spacial score (nSPS) is 16.5. The smallest absolute Gasteiger partial charge is 0.185 e. The van der Waals surface area contributed by atoms with Gasteiger partial charge in [0.1, 0.15) is 5.76 Å². The Labute approximate surface area is 163 Å². The van der Waals surface area contributed by atoms with Gasteiger partial charge in [-0.2, -0.15) is 0 Å². The third-order valence-electron chi connectivity index (χ3n) is 4.27. The van der Waals surface area contributed by atoms with E-state index in [-0.39, 0.29) is 11.5 Å². The van der Waals surface area contributed by atoms with E-state index < -0.39 is 0 Å². The predicted octanol–water partition coefficient (Wildman–Crippen LogP) is 6.66. The number of hydrogen-bond acceptors (Lipinski definition) is 2. The second-order valence-corrected chi connectivity index (χ2v) is 7.02. The van der Waals surface area contributed by atoms with Crippen LogP contribution in [0.15, 0.2) is 71.5 Å². The van der Waals surface area contributed by atoms with Crippen molar-refractivity contribution in [1.29, 1.82) is 0 Å². The standard InChI is InChI=1S/C22H18Cl2O2/c23-18-9-4-15(5-10-18)8-13-21(25)20-3-1-2-17(22(20)26)14-16-6-11-19(24)12-7-16/h4-14,26H,1-3H2/b13-8+,17-14+. The van der Waals surface area contributed by atoms with Gasteiger partial charge in [0.25, 0.3) is 0 Å². The van der Waals surface area contributed by atoms with Gasteiger partial charge in [0.05, 0.1) is 0 Å². The van der Waals surface area contributed by atoms with Crippen molar-refractivity contribution in [3.05, 3.63) is 92.7 Å². The summed E-state index contributed by atoms with van der Waals surface area (Å²) in [5, 5.41) is 11.9.